The molecule has 2 aromatic heterocycles. The van der Waals surface area contributed by atoms with Gasteiger partial charge < -0.3 is 19.3 Å². The van der Waals surface area contributed by atoms with Crippen LogP contribution in [0.3, 0.4) is 0 Å². The van der Waals surface area contributed by atoms with Crippen molar-refractivity contribution in [1.82, 2.24) is 20.2 Å². The third-order valence-electron chi connectivity index (χ3n) is 8.55. The van der Waals surface area contributed by atoms with E-state index in [1.807, 2.05) is 30.3 Å². The van der Waals surface area contributed by atoms with Crippen LogP contribution in [0.25, 0.3) is 45.1 Å². The molecule has 42 heavy (non-hydrogen) atoms. The van der Waals surface area contributed by atoms with Gasteiger partial charge in [-0.25, -0.2) is 9.97 Å². The number of likely N-dealkylation sites (tertiary alicyclic amines) is 1. The minimum Gasteiger partial charge on any atom is -0.481 e. The second-order valence-electron chi connectivity index (χ2n) is 11.3. The Kier molecular flexibility index (Phi) is 6.85. The van der Waals surface area contributed by atoms with Crippen LogP contribution in [0.4, 0.5) is 0 Å². The number of aliphatic carboxylic acids is 1. The summed E-state index contributed by atoms with van der Waals surface area (Å²) in [7, 11) is 0. The molecule has 2 N–H and O–H groups in total. The Hall–Kier alpha value is -3.98. The van der Waals surface area contributed by atoms with Gasteiger partial charge in [0.15, 0.2) is 5.58 Å². The number of fused-ring (bicyclic) bond motifs is 2. The standard InChI is InChI=1S/C33H31ClN4O4/c1-18-22(5-3-7-24(18)31-36-27-9-11-35-15-29(27)41-31)23-6-4-8-25(19(23)2)32-37-28-14-20(13-26(34)30(28)42-32)16-38-12-10-21(17-38)33(39)40/h3-8,13-14,21,35H,9-12,15-17H2,1-2H3,(H,39,40). The molecule has 1 saturated heterocycles. The Morgan fingerprint density at radius 3 is 2.38 bits per heavy atom. The second kappa shape index (κ2) is 10.7. The summed E-state index contributed by atoms with van der Waals surface area (Å²) in [5.41, 5.74) is 9.47. The van der Waals surface area contributed by atoms with Crippen LogP contribution in [0.2, 0.25) is 5.02 Å². The van der Waals surface area contributed by atoms with Gasteiger partial charge in [-0.15, -0.1) is 0 Å². The molecule has 4 heterocycles. The number of carbonyl (C=O) groups is 1. The monoisotopic (exact) mass is 582 g/mol. The molecule has 7 rings (SSSR count). The molecule has 0 amide bonds. The van der Waals surface area contributed by atoms with Gasteiger partial charge in [0.25, 0.3) is 0 Å². The topological polar surface area (TPSA) is 105 Å². The van der Waals surface area contributed by atoms with E-state index in [2.05, 4.69) is 42.3 Å². The van der Waals surface area contributed by atoms with Gasteiger partial charge in [0, 0.05) is 37.2 Å². The first-order valence-electron chi connectivity index (χ1n) is 14.3. The third-order valence-corrected chi connectivity index (χ3v) is 8.83. The number of benzene rings is 3. The van der Waals surface area contributed by atoms with E-state index in [-0.39, 0.29) is 5.92 Å². The van der Waals surface area contributed by atoms with Gasteiger partial charge in [-0.1, -0.05) is 35.9 Å². The molecule has 0 radical (unpaired) electrons. The maximum absolute atomic E-state index is 11.4. The fourth-order valence-electron chi connectivity index (χ4n) is 6.25. The van der Waals surface area contributed by atoms with Gasteiger partial charge >= 0.3 is 5.97 Å². The van der Waals surface area contributed by atoms with E-state index >= 15 is 0 Å². The highest BCUT2D eigenvalue weighted by atomic mass is 35.5. The lowest BCUT2D eigenvalue weighted by atomic mass is 9.91. The molecule has 0 saturated carbocycles. The van der Waals surface area contributed by atoms with E-state index < -0.39 is 5.97 Å². The first-order chi connectivity index (χ1) is 20.4. The predicted octanol–water partition coefficient (Wildman–Crippen LogP) is 6.64. The second-order valence-corrected chi connectivity index (χ2v) is 11.7. The molecule has 1 unspecified atom stereocenters. The molecule has 9 heteroatoms. The third kappa shape index (κ3) is 4.79. The summed E-state index contributed by atoms with van der Waals surface area (Å²) < 4.78 is 12.4. The highest BCUT2D eigenvalue weighted by Crippen LogP contribution is 2.38. The maximum Gasteiger partial charge on any atom is 0.307 e. The highest BCUT2D eigenvalue weighted by Gasteiger charge is 2.28. The van der Waals surface area contributed by atoms with Gasteiger partial charge in [-0.2, -0.15) is 0 Å². The summed E-state index contributed by atoms with van der Waals surface area (Å²) in [4.78, 5) is 23.2. The molecule has 0 spiro atoms. The zero-order chi connectivity index (χ0) is 29.0. The number of oxazole rings is 2. The number of hydrogen-bond donors (Lipinski definition) is 2. The normalized spacial score (nSPS) is 17.2. The summed E-state index contributed by atoms with van der Waals surface area (Å²) >= 11 is 6.66. The van der Waals surface area contributed by atoms with E-state index in [0.717, 1.165) is 69.9 Å². The summed E-state index contributed by atoms with van der Waals surface area (Å²) in [6.45, 7) is 7.73. The van der Waals surface area contributed by atoms with Gasteiger partial charge in [0.05, 0.1) is 23.2 Å². The van der Waals surface area contributed by atoms with Crippen LogP contribution < -0.4 is 5.32 Å². The van der Waals surface area contributed by atoms with Gasteiger partial charge in [0.2, 0.25) is 11.8 Å². The Labute approximate surface area is 248 Å². The molecular formula is C33H31ClN4O4. The van der Waals surface area contributed by atoms with E-state index in [1.54, 1.807) is 0 Å². The van der Waals surface area contributed by atoms with Gasteiger partial charge in [0.1, 0.15) is 11.3 Å². The number of rotatable bonds is 6. The molecule has 214 valence electrons. The number of carboxylic acid groups (broad SMARTS) is 1. The van der Waals surface area contributed by atoms with Crippen molar-refractivity contribution in [3.8, 4) is 34.0 Å². The van der Waals surface area contributed by atoms with Crippen molar-refractivity contribution in [2.75, 3.05) is 19.6 Å². The number of nitrogens with zero attached hydrogens (tertiary/aromatic N) is 3. The lowest BCUT2D eigenvalue weighted by molar-refractivity contribution is -0.141. The van der Waals surface area contributed by atoms with E-state index in [0.29, 0.717) is 54.0 Å². The lowest BCUT2D eigenvalue weighted by Gasteiger charge is -2.15. The van der Waals surface area contributed by atoms with Crippen molar-refractivity contribution < 1.29 is 18.7 Å². The Morgan fingerprint density at radius 2 is 1.71 bits per heavy atom. The molecule has 3 aromatic carbocycles. The minimum atomic E-state index is -0.736. The lowest BCUT2D eigenvalue weighted by Crippen LogP contribution is -2.22. The van der Waals surface area contributed by atoms with Crippen molar-refractivity contribution in [2.45, 2.75) is 39.8 Å². The van der Waals surface area contributed by atoms with Crippen molar-refractivity contribution in [1.29, 1.82) is 0 Å². The molecular weight excluding hydrogens is 552 g/mol. The fraction of sp³-hybridized carbons (Fsp3) is 0.303. The van der Waals surface area contributed by atoms with Crippen LogP contribution in [0.15, 0.2) is 57.4 Å². The predicted molar refractivity (Wildman–Crippen MR) is 161 cm³/mol. The molecule has 2 aliphatic heterocycles. The smallest absolute Gasteiger partial charge is 0.307 e. The van der Waals surface area contributed by atoms with E-state index in [4.69, 9.17) is 30.4 Å². The minimum absolute atomic E-state index is 0.319. The largest absolute Gasteiger partial charge is 0.481 e. The van der Waals surface area contributed by atoms with Crippen LogP contribution in [0.5, 0.6) is 0 Å². The first kappa shape index (κ1) is 26.9. The average Bonchev–Trinajstić information content (AvgIpc) is 3.72. The summed E-state index contributed by atoms with van der Waals surface area (Å²) in [5, 5.41) is 13.2. The number of aromatic nitrogens is 2. The number of nitrogens with one attached hydrogen (secondary N) is 1. The van der Waals surface area contributed by atoms with E-state index in [9.17, 15) is 9.90 Å². The molecule has 1 fully saturated rings. The van der Waals surface area contributed by atoms with Crippen molar-refractivity contribution >= 4 is 28.7 Å². The van der Waals surface area contributed by atoms with Gasteiger partial charge in [-0.05, 0) is 78.9 Å². The van der Waals surface area contributed by atoms with Crippen molar-refractivity contribution in [3.05, 3.63) is 81.7 Å². The number of carboxylic acids is 1. The molecule has 0 aliphatic carbocycles. The van der Waals surface area contributed by atoms with Crippen LogP contribution in [0, 0.1) is 19.8 Å². The van der Waals surface area contributed by atoms with Crippen LogP contribution in [-0.2, 0) is 24.3 Å². The number of halogens is 1. The molecule has 8 nitrogen and oxygen atoms in total. The average molecular weight is 583 g/mol. The summed E-state index contributed by atoms with van der Waals surface area (Å²) in [5.74, 6) is 1.04. The zero-order valence-corrected chi connectivity index (χ0v) is 24.3. The van der Waals surface area contributed by atoms with E-state index in [1.165, 1.54) is 0 Å². The molecule has 5 aromatic rings. The maximum atomic E-state index is 11.4. The van der Waals surface area contributed by atoms with Crippen molar-refractivity contribution in [3.63, 3.8) is 0 Å². The van der Waals surface area contributed by atoms with Crippen LogP contribution in [0.1, 0.15) is 34.6 Å². The van der Waals surface area contributed by atoms with Crippen LogP contribution in [-0.4, -0.2) is 45.6 Å². The van der Waals surface area contributed by atoms with Crippen LogP contribution >= 0.6 is 11.6 Å². The molecule has 0 bridgehead atoms. The van der Waals surface area contributed by atoms with Gasteiger partial charge in [-0.3, -0.25) is 9.69 Å². The first-order valence-corrected chi connectivity index (χ1v) is 14.7. The SMILES string of the molecule is Cc1c(-c2nc3c(o2)CNCC3)cccc1-c1cccc(-c2nc3cc(CN4CCC(C(=O)O)C4)cc(Cl)c3o2)c1C. The fourth-order valence-corrected chi connectivity index (χ4v) is 6.52. The summed E-state index contributed by atoms with van der Waals surface area (Å²) in [6.07, 6.45) is 1.53. The Bertz CT molecular complexity index is 1820. The molecule has 1 atom stereocenters. The Morgan fingerprint density at radius 1 is 1.02 bits per heavy atom. The van der Waals surface area contributed by atoms with Crippen molar-refractivity contribution in [2.24, 2.45) is 5.92 Å². The summed E-state index contributed by atoms with van der Waals surface area (Å²) in [6, 6.07) is 16.3. The molecule has 2 aliphatic rings. The zero-order valence-electron chi connectivity index (χ0n) is 23.5. The number of hydrogen-bond acceptors (Lipinski definition) is 7. The highest BCUT2D eigenvalue weighted by molar-refractivity contribution is 6.34. The quantitative estimate of drug-likeness (QED) is 0.230. The Balaban J connectivity index is 1.21.